The molecule has 0 bridgehead atoms. The van der Waals surface area contributed by atoms with Crippen LogP contribution in [-0.2, 0) is 14.3 Å². The minimum atomic E-state index is -0.601. The highest BCUT2D eigenvalue weighted by Crippen LogP contribution is 2.18. The smallest absolute Gasteiger partial charge is 0.407 e. The molecule has 2 N–H and O–H groups in total. The molecule has 1 aliphatic heterocycles. The van der Waals surface area contributed by atoms with Gasteiger partial charge >= 0.3 is 12.1 Å². The van der Waals surface area contributed by atoms with Crippen molar-refractivity contribution in [2.24, 2.45) is 5.92 Å². The lowest BCUT2D eigenvalue weighted by atomic mass is 10.00. The fourth-order valence-electron chi connectivity index (χ4n) is 1.56. The van der Waals surface area contributed by atoms with E-state index in [1.165, 1.54) is 0 Å². The standard InChI is InChI=1S/C11H19NO5/c1-11(2,3)17-10(15)12-8(5-13)7-4-9(14)16-6-7/h7-8,13H,4-6H2,1-3H3,(H,12,15)/t7?,8-/m0/s1. The van der Waals surface area contributed by atoms with Crippen LogP contribution in [0.4, 0.5) is 4.79 Å². The van der Waals surface area contributed by atoms with Gasteiger partial charge in [-0.25, -0.2) is 4.79 Å². The highest BCUT2D eigenvalue weighted by molar-refractivity contribution is 5.72. The van der Waals surface area contributed by atoms with Crippen LogP contribution in [0, 0.1) is 5.92 Å². The van der Waals surface area contributed by atoms with Crippen LogP contribution in [0.1, 0.15) is 27.2 Å². The van der Waals surface area contributed by atoms with E-state index in [0.717, 1.165) is 0 Å². The van der Waals surface area contributed by atoms with Gasteiger partial charge in [-0.2, -0.15) is 0 Å². The van der Waals surface area contributed by atoms with Crippen molar-refractivity contribution >= 4 is 12.1 Å². The Balaban J connectivity index is 2.47. The Morgan fingerprint density at radius 2 is 2.29 bits per heavy atom. The van der Waals surface area contributed by atoms with Gasteiger partial charge in [0.1, 0.15) is 5.60 Å². The first kappa shape index (κ1) is 13.8. The summed E-state index contributed by atoms with van der Waals surface area (Å²) in [4.78, 5) is 22.4. The van der Waals surface area contributed by atoms with Crippen molar-refractivity contribution in [3.63, 3.8) is 0 Å². The summed E-state index contributed by atoms with van der Waals surface area (Å²) in [5.74, 6) is -0.501. The summed E-state index contributed by atoms with van der Waals surface area (Å²) in [6.45, 7) is 5.23. The van der Waals surface area contributed by atoms with E-state index in [1.807, 2.05) is 0 Å². The Labute approximate surface area is 100 Å². The zero-order valence-corrected chi connectivity index (χ0v) is 10.4. The maximum absolute atomic E-state index is 11.5. The normalized spacial score (nSPS) is 21.9. The lowest BCUT2D eigenvalue weighted by molar-refractivity contribution is -0.137. The molecule has 1 fully saturated rings. The van der Waals surface area contributed by atoms with E-state index in [4.69, 9.17) is 9.47 Å². The Hall–Kier alpha value is -1.30. The summed E-state index contributed by atoms with van der Waals surface area (Å²) in [6, 6.07) is -0.517. The second-order valence-electron chi connectivity index (χ2n) is 5.08. The Morgan fingerprint density at radius 3 is 2.71 bits per heavy atom. The molecule has 1 aliphatic rings. The van der Waals surface area contributed by atoms with Crippen LogP contribution < -0.4 is 5.32 Å². The molecule has 0 aromatic heterocycles. The average Bonchev–Trinajstić information content (AvgIpc) is 2.58. The van der Waals surface area contributed by atoms with Crippen molar-refractivity contribution in [3.8, 4) is 0 Å². The van der Waals surface area contributed by atoms with Gasteiger partial charge in [0, 0.05) is 5.92 Å². The van der Waals surface area contributed by atoms with Gasteiger partial charge in [-0.3, -0.25) is 4.79 Å². The first-order valence-electron chi connectivity index (χ1n) is 5.58. The average molecular weight is 245 g/mol. The summed E-state index contributed by atoms with van der Waals surface area (Å²) in [6.07, 6.45) is -0.392. The molecular weight excluding hydrogens is 226 g/mol. The monoisotopic (exact) mass is 245 g/mol. The van der Waals surface area contributed by atoms with E-state index in [-0.39, 0.29) is 31.5 Å². The highest BCUT2D eigenvalue weighted by atomic mass is 16.6. The topological polar surface area (TPSA) is 84.9 Å². The zero-order valence-electron chi connectivity index (χ0n) is 10.4. The Kier molecular flexibility index (Phi) is 4.34. The predicted octanol–water partition coefficient (Wildman–Crippen LogP) is 0.435. The van der Waals surface area contributed by atoms with E-state index < -0.39 is 17.7 Å². The lowest BCUT2D eigenvalue weighted by Crippen LogP contribution is -2.45. The number of aliphatic hydroxyl groups is 1. The van der Waals surface area contributed by atoms with E-state index in [0.29, 0.717) is 0 Å². The summed E-state index contributed by atoms with van der Waals surface area (Å²) < 4.78 is 9.86. The van der Waals surface area contributed by atoms with Crippen LogP contribution in [-0.4, -0.2) is 42.0 Å². The zero-order chi connectivity index (χ0) is 13.1. The van der Waals surface area contributed by atoms with E-state index in [1.54, 1.807) is 20.8 Å². The number of aliphatic hydroxyl groups excluding tert-OH is 1. The molecule has 1 heterocycles. The molecule has 0 radical (unpaired) electrons. The van der Waals surface area contributed by atoms with Gasteiger partial charge in [-0.05, 0) is 20.8 Å². The number of rotatable bonds is 3. The van der Waals surface area contributed by atoms with Gasteiger partial charge < -0.3 is 19.9 Å². The van der Waals surface area contributed by atoms with Crippen molar-refractivity contribution in [3.05, 3.63) is 0 Å². The highest BCUT2D eigenvalue weighted by Gasteiger charge is 2.32. The van der Waals surface area contributed by atoms with Crippen molar-refractivity contribution < 1.29 is 24.2 Å². The molecule has 98 valence electrons. The van der Waals surface area contributed by atoms with Crippen LogP contribution in [0.2, 0.25) is 0 Å². The van der Waals surface area contributed by atoms with Crippen molar-refractivity contribution in [2.75, 3.05) is 13.2 Å². The number of carbonyl (C=O) groups excluding carboxylic acids is 2. The van der Waals surface area contributed by atoms with E-state index >= 15 is 0 Å². The van der Waals surface area contributed by atoms with Gasteiger partial charge in [0.05, 0.1) is 25.7 Å². The predicted molar refractivity (Wildman–Crippen MR) is 59.3 cm³/mol. The fraction of sp³-hybridized carbons (Fsp3) is 0.818. The number of hydrogen-bond acceptors (Lipinski definition) is 5. The number of cyclic esters (lactones) is 1. The molecule has 17 heavy (non-hydrogen) atoms. The number of esters is 1. The molecule has 2 atom stereocenters. The minimum Gasteiger partial charge on any atom is -0.465 e. The van der Waals surface area contributed by atoms with Crippen LogP contribution in [0.5, 0.6) is 0 Å². The molecule has 0 aromatic rings. The maximum Gasteiger partial charge on any atom is 0.407 e. The minimum absolute atomic E-state index is 0.194. The van der Waals surface area contributed by atoms with Gasteiger partial charge in [0.15, 0.2) is 0 Å². The quantitative estimate of drug-likeness (QED) is 0.704. The second-order valence-corrected chi connectivity index (χ2v) is 5.08. The fourth-order valence-corrected chi connectivity index (χ4v) is 1.56. The van der Waals surface area contributed by atoms with Crippen LogP contribution in [0.3, 0.4) is 0 Å². The number of nitrogens with one attached hydrogen (secondary N) is 1. The molecule has 6 heteroatoms. The van der Waals surface area contributed by atoms with Gasteiger partial charge in [-0.1, -0.05) is 0 Å². The third-order valence-electron chi connectivity index (χ3n) is 2.36. The molecule has 0 aromatic carbocycles. The van der Waals surface area contributed by atoms with E-state index in [2.05, 4.69) is 5.32 Å². The molecule has 0 spiro atoms. The molecule has 0 saturated carbocycles. The van der Waals surface area contributed by atoms with Gasteiger partial charge in [-0.15, -0.1) is 0 Å². The SMILES string of the molecule is CC(C)(C)OC(=O)N[C@@H](CO)C1COC(=O)C1. The largest absolute Gasteiger partial charge is 0.465 e. The summed E-state index contributed by atoms with van der Waals surface area (Å²) in [5, 5.41) is 11.7. The van der Waals surface area contributed by atoms with Crippen molar-refractivity contribution in [2.45, 2.75) is 38.8 Å². The van der Waals surface area contributed by atoms with Crippen LogP contribution in [0.15, 0.2) is 0 Å². The first-order valence-corrected chi connectivity index (χ1v) is 5.58. The third kappa shape index (κ3) is 4.60. The third-order valence-corrected chi connectivity index (χ3v) is 2.36. The summed E-state index contributed by atoms with van der Waals surface area (Å²) in [5.41, 5.74) is -0.591. The number of carbonyl (C=O) groups is 2. The number of hydrogen-bond donors (Lipinski definition) is 2. The summed E-state index contributed by atoms with van der Waals surface area (Å²) >= 11 is 0. The molecular formula is C11H19NO5. The number of alkyl carbamates (subject to hydrolysis) is 1. The molecule has 1 unspecified atom stereocenters. The van der Waals surface area contributed by atoms with Crippen LogP contribution >= 0.6 is 0 Å². The Morgan fingerprint density at radius 1 is 1.65 bits per heavy atom. The maximum atomic E-state index is 11.5. The molecule has 0 aliphatic carbocycles. The summed E-state index contributed by atoms with van der Waals surface area (Å²) in [7, 11) is 0. The Bertz CT molecular complexity index is 297. The molecule has 1 amide bonds. The van der Waals surface area contributed by atoms with Gasteiger partial charge in [0.25, 0.3) is 0 Å². The molecule has 6 nitrogen and oxygen atoms in total. The number of amides is 1. The first-order chi connectivity index (χ1) is 7.81. The lowest BCUT2D eigenvalue weighted by Gasteiger charge is -2.24. The molecule has 1 saturated heterocycles. The molecule has 1 rings (SSSR count). The van der Waals surface area contributed by atoms with Crippen molar-refractivity contribution in [1.82, 2.24) is 5.32 Å². The van der Waals surface area contributed by atoms with Gasteiger partial charge in [0.2, 0.25) is 0 Å². The van der Waals surface area contributed by atoms with Crippen LogP contribution in [0.25, 0.3) is 0 Å². The van der Waals surface area contributed by atoms with E-state index in [9.17, 15) is 14.7 Å². The second kappa shape index (κ2) is 5.35. The van der Waals surface area contributed by atoms with Crippen molar-refractivity contribution in [1.29, 1.82) is 0 Å². The number of ether oxygens (including phenoxy) is 2.